The van der Waals surface area contributed by atoms with Crippen LogP contribution in [-0.4, -0.2) is 11.1 Å². The van der Waals surface area contributed by atoms with Crippen LogP contribution in [0, 0.1) is 13.8 Å². The fourth-order valence-corrected chi connectivity index (χ4v) is 2.68. The molecule has 0 aliphatic carbocycles. The lowest BCUT2D eigenvalue weighted by atomic mass is 10.0. The molecule has 0 saturated heterocycles. The minimum absolute atomic E-state index is 0.712. The Bertz CT molecular complexity index is 623. The van der Waals surface area contributed by atoms with Gasteiger partial charge in [-0.3, -0.25) is 0 Å². The molecular weight excluding hydrogens is 318 g/mol. The molecule has 0 bridgehead atoms. The standard InChI is InChI=1S/C16H16BrNO2/c1-10-3-6-12(7-4-10)18-15(16(19)20)13-8-5-11(2)9-14(13)17/h3-9,15,18H,1-2H3,(H,19,20). The largest absolute Gasteiger partial charge is 0.479 e. The first-order valence-corrected chi connectivity index (χ1v) is 7.09. The maximum Gasteiger partial charge on any atom is 0.330 e. The van der Waals surface area contributed by atoms with Crippen molar-refractivity contribution in [3.05, 3.63) is 63.6 Å². The highest BCUT2D eigenvalue weighted by Gasteiger charge is 2.21. The first-order valence-electron chi connectivity index (χ1n) is 6.29. The molecule has 2 N–H and O–H groups in total. The number of benzene rings is 2. The maximum atomic E-state index is 11.5. The van der Waals surface area contributed by atoms with E-state index in [1.807, 2.05) is 56.3 Å². The molecule has 4 heteroatoms. The molecule has 3 nitrogen and oxygen atoms in total. The van der Waals surface area contributed by atoms with Crippen molar-refractivity contribution in [2.45, 2.75) is 19.9 Å². The van der Waals surface area contributed by atoms with E-state index in [1.165, 1.54) is 0 Å². The van der Waals surface area contributed by atoms with E-state index in [2.05, 4.69) is 21.2 Å². The summed E-state index contributed by atoms with van der Waals surface area (Å²) in [7, 11) is 0. The molecular formula is C16H16BrNO2. The van der Waals surface area contributed by atoms with Crippen LogP contribution in [0.5, 0.6) is 0 Å². The quantitative estimate of drug-likeness (QED) is 0.876. The highest BCUT2D eigenvalue weighted by atomic mass is 79.9. The lowest BCUT2D eigenvalue weighted by molar-refractivity contribution is -0.138. The normalized spacial score (nSPS) is 11.9. The van der Waals surface area contributed by atoms with Crippen LogP contribution in [-0.2, 0) is 4.79 Å². The van der Waals surface area contributed by atoms with Crippen molar-refractivity contribution in [1.82, 2.24) is 0 Å². The molecule has 0 amide bonds. The molecule has 2 aromatic carbocycles. The Kier molecular flexibility index (Phi) is 4.45. The van der Waals surface area contributed by atoms with Gasteiger partial charge in [0.1, 0.15) is 0 Å². The van der Waals surface area contributed by atoms with Crippen molar-refractivity contribution in [2.75, 3.05) is 5.32 Å². The number of carbonyl (C=O) groups is 1. The van der Waals surface area contributed by atoms with Crippen LogP contribution in [0.3, 0.4) is 0 Å². The Morgan fingerprint density at radius 2 is 1.70 bits per heavy atom. The molecule has 0 aromatic heterocycles. The molecule has 2 aromatic rings. The van der Waals surface area contributed by atoms with E-state index in [1.54, 1.807) is 0 Å². The van der Waals surface area contributed by atoms with E-state index >= 15 is 0 Å². The molecule has 0 aliphatic rings. The fraction of sp³-hybridized carbons (Fsp3) is 0.188. The molecule has 0 spiro atoms. The predicted octanol–water partition coefficient (Wildman–Crippen LogP) is 4.30. The SMILES string of the molecule is Cc1ccc(NC(C(=O)O)c2ccc(C)cc2Br)cc1. The number of carboxylic acids is 1. The second-order valence-corrected chi connectivity index (χ2v) is 5.66. The molecule has 0 aliphatic heterocycles. The van der Waals surface area contributed by atoms with Gasteiger partial charge in [-0.1, -0.05) is 45.8 Å². The van der Waals surface area contributed by atoms with Crippen LogP contribution in [0.25, 0.3) is 0 Å². The average molecular weight is 334 g/mol. The third kappa shape index (κ3) is 3.39. The van der Waals surface area contributed by atoms with E-state index in [-0.39, 0.29) is 0 Å². The van der Waals surface area contributed by atoms with Gasteiger partial charge in [-0.15, -0.1) is 0 Å². The fourth-order valence-electron chi connectivity index (χ4n) is 1.96. The zero-order valence-corrected chi connectivity index (χ0v) is 12.9. The zero-order valence-electron chi connectivity index (χ0n) is 11.4. The first-order chi connectivity index (χ1) is 9.47. The molecule has 104 valence electrons. The van der Waals surface area contributed by atoms with Crippen LogP contribution >= 0.6 is 15.9 Å². The van der Waals surface area contributed by atoms with E-state index < -0.39 is 12.0 Å². The number of nitrogens with one attached hydrogen (secondary N) is 1. The van der Waals surface area contributed by atoms with Gasteiger partial charge in [-0.2, -0.15) is 0 Å². The van der Waals surface area contributed by atoms with Gasteiger partial charge in [0.25, 0.3) is 0 Å². The van der Waals surface area contributed by atoms with Crippen LogP contribution in [0.1, 0.15) is 22.7 Å². The summed E-state index contributed by atoms with van der Waals surface area (Å²) < 4.78 is 0.796. The first kappa shape index (κ1) is 14.6. The van der Waals surface area contributed by atoms with Crippen LogP contribution in [0.2, 0.25) is 0 Å². The van der Waals surface area contributed by atoms with Gasteiger partial charge in [-0.25, -0.2) is 4.79 Å². The van der Waals surface area contributed by atoms with E-state index in [9.17, 15) is 9.90 Å². The van der Waals surface area contributed by atoms with E-state index in [0.717, 1.165) is 21.3 Å². The van der Waals surface area contributed by atoms with Gasteiger partial charge in [0.2, 0.25) is 0 Å². The van der Waals surface area contributed by atoms with Crippen molar-refractivity contribution in [1.29, 1.82) is 0 Å². The number of hydrogen-bond donors (Lipinski definition) is 2. The molecule has 1 atom stereocenters. The van der Waals surface area contributed by atoms with Crippen LogP contribution in [0.15, 0.2) is 46.9 Å². The van der Waals surface area contributed by atoms with E-state index in [0.29, 0.717) is 5.56 Å². The molecule has 2 rings (SSSR count). The van der Waals surface area contributed by atoms with Crippen molar-refractivity contribution in [3.63, 3.8) is 0 Å². The average Bonchev–Trinajstić information content (AvgIpc) is 2.39. The summed E-state index contributed by atoms with van der Waals surface area (Å²) in [6.45, 7) is 3.97. The predicted molar refractivity (Wildman–Crippen MR) is 84.1 cm³/mol. The second-order valence-electron chi connectivity index (χ2n) is 4.81. The molecule has 0 heterocycles. The third-order valence-corrected chi connectivity index (χ3v) is 3.76. The van der Waals surface area contributed by atoms with Gasteiger partial charge in [-0.05, 0) is 43.2 Å². The molecule has 1 unspecified atom stereocenters. The summed E-state index contributed by atoms with van der Waals surface area (Å²) in [5.41, 5.74) is 3.72. The molecule has 0 radical (unpaired) electrons. The van der Waals surface area contributed by atoms with Crippen LogP contribution < -0.4 is 5.32 Å². The maximum absolute atomic E-state index is 11.5. The Hall–Kier alpha value is -1.81. The van der Waals surface area contributed by atoms with Gasteiger partial charge in [0, 0.05) is 10.2 Å². The third-order valence-electron chi connectivity index (χ3n) is 3.08. The molecule has 0 saturated carbocycles. The number of hydrogen-bond acceptors (Lipinski definition) is 2. The Morgan fingerprint density at radius 3 is 2.25 bits per heavy atom. The summed E-state index contributed by atoms with van der Waals surface area (Å²) in [5, 5.41) is 12.5. The highest BCUT2D eigenvalue weighted by Crippen LogP contribution is 2.28. The smallest absolute Gasteiger partial charge is 0.330 e. The van der Waals surface area contributed by atoms with Crippen LogP contribution in [0.4, 0.5) is 5.69 Å². The molecule has 20 heavy (non-hydrogen) atoms. The lowest BCUT2D eigenvalue weighted by Crippen LogP contribution is -2.21. The van der Waals surface area contributed by atoms with Crippen molar-refractivity contribution < 1.29 is 9.90 Å². The number of aryl methyl sites for hydroxylation is 2. The summed E-state index contributed by atoms with van der Waals surface area (Å²) in [6, 6.07) is 12.5. The number of rotatable bonds is 4. The monoisotopic (exact) mass is 333 g/mol. The molecule has 0 fully saturated rings. The Labute approximate surface area is 126 Å². The number of carboxylic acid groups (broad SMARTS) is 1. The minimum Gasteiger partial charge on any atom is -0.479 e. The van der Waals surface area contributed by atoms with Gasteiger partial charge >= 0.3 is 5.97 Å². The Balaban J connectivity index is 2.31. The second kappa shape index (κ2) is 6.09. The minimum atomic E-state index is -0.907. The summed E-state index contributed by atoms with van der Waals surface area (Å²) >= 11 is 3.44. The zero-order chi connectivity index (χ0) is 14.7. The summed E-state index contributed by atoms with van der Waals surface area (Å²) in [4.78, 5) is 11.5. The van der Waals surface area contributed by atoms with Gasteiger partial charge in [0.05, 0.1) is 0 Å². The number of anilines is 1. The van der Waals surface area contributed by atoms with Gasteiger partial charge in [0.15, 0.2) is 6.04 Å². The summed E-state index contributed by atoms with van der Waals surface area (Å²) in [6.07, 6.45) is 0. The number of aliphatic carboxylic acids is 1. The topological polar surface area (TPSA) is 49.3 Å². The lowest BCUT2D eigenvalue weighted by Gasteiger charge is -2.18. The van der Waals surface area contributed by atoms with Crippen molar-refractivity contribution in [3.8, 4) is 0 Å². The van der Waals surface area contributed by atoms with Crippen molar-refractivity contribution in [2.24, 2.45) is 0 Å². The van der Waals surface area contributed by atoms with Gasteiger partial charge < -0.3 is 10.4 Å². The summed E-state index contributed by atoms with van der Waals surface area (Å²) in [5.74, 6) is -0.907. The number of halogens is 1. The van der Waals surface area contributed by atoms with E-state index in [4.69, 9.17) is 0 Å². The highest BCUT2D eigenvalue weighted by molar-refractivity contribution is 9.10. The van der Waals surface area contributed by atoms with Crippen molar-refractivity contribution >= 4 is 27.6 Å². The Morgan fingerprint density at radius 1 is 1.10 bits per heavy atom.